The van der Waals surface area contributed by atoms with Crippen LogP contribution in [0.15, 0.2) is 12.1 Å². The van der Waals surface area contributed by atoms with Gasteiger partial charge >= 0.3 is 5.97 Å². The first-order valence-electron chi connectivity index (χ1n) is 4.92. The van der Waals surface area contributed by atoms with Crippen LogP contribution in [0.5, 0.6) is 0 Å². The van der Waals surface area contributed by atoms with Crippen molar-refractivity contribution in [1.82, 2.24) is 0 Å². The topological polar surface area (TPSA) is 86.5 Å². The molecule has 1 rings (SSSR count). The second-order valence-electron chi connectivity index (χ2n) is 3.33. The molecule has 0 unspecified atom stereocenters. The van der Waals surface area contributed by atoms with Gasteiger partial charge < -0.3 is 4.74 Å². The van der Waals surface area contributed by atoms with E-state index in [2.05, 4.69) is 0 Å². The number of hydrogen-bond donors (Lipinski definition) is 0. The Balaban J connectivity index is 3.32. The zero-order valence-corrected chi connectivity index (χ0v) is 9.43. The molecule has 0 aliphatic rings. The normalized spacial score (nSPS) is 9.76. The zero-order valence-electron chi connectivity index (χ0n) is 9.43. The van der Waals surface area contributed by atoms with Crippen LogP contribution in [0.25, 0.3) is 0 Å². The highest BCUT2D eigenvalue weighted by molar-refractivity contribution is 5.94. The number of benzene rings is 1. The number of carbonyl (C=O) groups is 2. The van der Waals surface area contributed by atoms with Crippen LogP contribution in [-0.2, 0) is 4.74 Å². The van der Waals surface area contributed by atoms with Gasteiger partial charge in [-0.3, -0.25) is 14.9 Å². The molecular weight excluding hydrogens is 226 g/mol. The van der Waals surface area contributed by atoms with Crippen molar-refractivity contribution >= 4 is 17.9 Å². The first kappa shape index (κ1) is 12.8. The third-order valence-corrected chi connectivity index (χ3v) is 2.15. The number of nitro benzene ring substituents is 1. The van der Waals surface area contributed by atoms with Crippen molar-refractivity contribution in [1.29, 1.82) is 0 Å². The second kappa shape index (κ2) is 5.20. The van der Waals surface area contributed by atoms with Crippen molar-refractivity contribution in [2.24, 2.45) is 0 Å². The van der Waals surface area contributed by atoms with E-state index in [0.717, 1.165) is 6.07 Å². The maximum absolute atomic E-state index is 11.4. The average molecular weight is 237 g/mol. The molecule has 1 aromatic rings. The molecule has 1 aromatic carbocycles. The molecule has 0 aliphatic heterocycles. The summed E-state index contributed by atoms with van der Waals surface area (Å²) in [5.74, 6) is -0.603. The van der Waals surface area contributed by atoms with E-state index in [4.69, 9.17) is 4.74 Å². The van der Waals surface area contributed by atoms with Crippen molar-refractivity contribution in [3.8, 4) is 0 Å². The van der Waals surface area contributed by atoms with E-state index >= 15 is 0 Å². The predicted octanol–water partition coefficient (Wildman–Crippen LogP) is 1.89. The minimum atomic E-state index is -0.645. The molecule has 17 heavy (non-hydrogen) atoms. The first-order chi connectivity index (χ1) is 8.01. The molecule has 0 bridgehead atoms. The molecule has 0 radical (unpaired) electrons. The van der Waals surface area contributed by atoms with E-state index < -0.39 is 10.9 Å². The fourth-order valence-electron chi connectivity index (χ4n) is 1.48. The van der Waals surface area contributed by atoms with E-state index in [0.29, 0.717) is 6.29 Å². The number of rotatable bonds is 4. The van der Waals surface area contributed by atoms with Gasteiger partial charge in [0.05, 0.1) is 22.7 Å². The summed E-state index contributed by atoms with van der Waals surface area (Å²) in [6.07, 6.45) is 0.355. The molecule has 0 fully saturated rings. The first-order valence-corrected chi connectivity index (χ1v) is 4.92. The molecular formula is C11H11NO5. The number of nitrogens with zero attached hydrogens (tertiary/aromatic N) is 1. The van der Waals surface area contributed by atoms with Crippen molar-refractivity contribution in [2.75, 3.05) is 6.61 Å². The Kier molecular flexibility index (Phi) is 3.92. The summed E-state index contributed by atoms with van der Waals surface area (Å²) in [5.41, 5.74) is -0.0224. The monoisotopic (exact) mass is 237 g/mol. The van der Waals surface area contributed by atoms with Crippen LogP contribution in [0.4, 0.5) is 5.69 Å². The summed E-state index contributed by atoms with van der Waals surface area (Å²) < 4.78 is 4.76. The number of hydrogen-bond acceptors (Lipinski definition) is 5. The number of esters is 1. The summed E-state index contributed by atoms with van der Waals surface area (Å²) >= 11 is 0. The summed E-state index contributed by atoms with van der Waals surface area (Å²) in [5, 5.41) is 10.7. The molecule has 0 N–H and O–H groups in total. The molecule has 6 heteroatoms. The van der Waals surface area contributed by atoms with Crippen LogP contribution in [0.3, 0.4) is 0 Å². The van der Waals surface area contributed by atoms with Gasteiger partial charge in [0.15, 0.2) is 6.29 Å². The Morgan fingerprint density at radius 3 is 2.65 bits per heavy atom. The number of aryl methyl sites for hydroxylation is 1. The van der Waals surface area contributed by atoms with E-state index in [1.807, 2.05) is 0 Å². The predicted molar refractivity (Wildman–Crippen MR) is 59.2 cm³/mol. The molecule has 0 atom stereocenters. The Bertz CT molecular complexity index is 481. The van der Waals surface area contributed by atoms with Gasteiger partial charge in [-0.1, -0.05) is 0 Å². The maximum Gasteiger partial charge on any atom is 0.338 e. The Hall–Kier alpha value is -2.24. The van der Waals surface area contributed by atoms with Gasteiger partial charge in [0, 0.05) is 5.56 Å². The Labute approximate surface area is 97.3 Å². The summed E-state index contributed by atoms with van der Waals surface area (Å²) in [4.78, 5) is 32.3. The van der Waals surface area contributed by atoms with E-state index in [9.17, 15) is 19.7 Å². The Morgan fingerprint density at radius 2 is 2.18 bits per heavy atom. The van der Waals surface area contributed by atoms with Crippen molar-refractivity contribution in [3.05, 3.63) is 38.9 Å². The van der Waals surface area contributed by atoms with Gasteiger partial charge in [0.1, 0.15) is 0 Å². The lowest BCUT2D eigenvalue weighted by Gasteiger charge is -2.05. The summed E-state index contributed by atoms with van der Waals surface area (Å²) in [6.45, 7) is 3.32. The van der Waals surface area contributed by atoms with Gasteiger partial charge in [0.2, 0.25) is 0 Å². The molecule has 0 amide bonds. The van der Waals surface area contributed by atoms with E-state index in [1.165, 1.54) is 13.0 Å². The van der Waals surface area contributed by atoms with Crippen LogP contribution in [0, 0.1) is 17.0 Å². The van der Waals surface area contributed by atoms with E-state index in [-0.39, 0.29) is 29.0 Å². The van der Waals surface area contributed by atoms with Crippen LogP contribution >= 0.6 is 0 Å². The van der Waals surface area contributed by atoms with Gasteiger partial charge in [-0.15, -0.1) is 0 Å². The highest BCUT2D eigenvalue weighted by Gasteiger charge is 2.20. The number of ether oxygens (including phenoxy) is 1. The van der Waals surface area contributed by atoms with Crippen molar-refractivity contribution in [3.63, 3.8) is 0 Å². The molecule has 0 saturated carbocycles. The minimum Gasteiger partial charge on any atom is -0.462 e. The smallest absolute Gasteiger partial charge is 0.338 e. The van der Waals surface area contributed by atoms with Crippen LogP contribution in [0.1, 0.15) is 33.2 Å². The fraction of sp³-hybridized carbons (Fsp3) is 0.273. The standard InChI is InChI=1S/C11H11NO5/c1-3-17-11(14)8-4-7(2)10(12(15)16)9(5-8)6-13/h4-6H,3H2,1-2H3. The quantitative estimate of drug-likeness (QED) is 0.345. The SMILES string of the molecule is CCOC(=O)c1cc(C)c([N+](=O)[O-])c(C=O)c1. The number of aldehydes is 1. The molecule has 0 aliphatic carbocycles. The van der Waals surface area contributed by atoms with Gasteiger partial charge in [0.25, 0.3) is 5.69 Å². The minimum absolute atomic E-state index is 0.127. The van der Waals surface area contributed by atoms with Crippen molar-refractivity contribution < 1.29 is 19.2 Å². The second-order valence-corrected chi connectivity index (χ2v) is 3.33. The molecule has 0 aromatic heterocycles. The average Bonchev–Trinajstić information content (AvgIpc) is 2.27. The van der Waals surface area contributed by atoms with Crippen LogP contribution in [-0.4, -0.2) is 23.8 Å². The summed E-state index contributed by atoms with van der Waals surface area (Å²) in [7, 11) is 0. The van der Waals surface area contributed by atoms with Gasteiger partial charge in [-0.05, 0) is 26.0 Å². The summed E-state index contributed by atoms with van der Waals surface area (Å²) in [6, 6.07) is 2.50. The van der Waals surface area contributed by atoms with Crippen LogP contribution < -0.4 is 0 Å². The lowest BCUT2D eigenvalue weighted by molar-refractivity contribution is -0.385. The van der Waals surface area contributed by atoms with E-state index in [1.54, 1.807) is 6.92 Å². The third-order valence-electron chi connectivity index (χ3n) is 2.15. The molecule has 0 heterocycles. The van der Waals surface area contributed by atoms with Gasteiger partial charge in [-0.25, -0.2) is 4.79 Å². The molecule has 90 valence electrons. The van der Waals surface area contributed by atoms with Gasteiger partial charge in [-0.2, -0.15) is 0 Å². The fourth-order valence-corrected chi connectivity index (χ4v) is 1.48. The third kappa shape index (κ3) is 2.66. The lowest BCUT2D eigenvalue weighted by Crippen LogP contribution is -2.07. The number of nitro groups is 1. The lowest BCUT2D eigenvalue weighted by atomic mass is 10.0. The van der Waals surface area contributed by atoms with Crippen molar-refractivity contribution in [2.45, 2.75) is 13.8 Å². The maximum atomic E-state index is 11.4. The molecule has 6 nitrogen and oxygen atoms in total. The molecule has 0 spiro atoms. The largest absolute Gasteiger partial charge is 0.462 e. The highest BCUT2D eigenvalue weighted by Crippen LogP contribution is 2.24. The molecule has 0 saturated heterocycles. The van der Waals surface area contributed by atoms with Crippen LogP contribution in [0.2, 0.25) is 0 Å². The Morgan fingerprint density at radius 1 is 1.53 bits per heavy atom. The zero-order chi connectivity index (χ0) is 13.0. The number of carbonyl (C=O) groups excluding carboxylic acids is 2. The highest BCUT2D eigenvalue weighted by atomic mass is 16.6.